The average molecular weight is 2200 g/mol. The van der Waals surface area contributed by atoms with Gasteiger partial charge in [0.2, 0.25) is 0 Å². The van der Waals surface area contributed by atoms with E-state index in [2.05, 4.69) is 295 Å². The van der Waals surface area contributed by atoms with E-state index in [-0.39, 0.29) is 67.9 Å². The van der Waals surface area contributed by atoms with E-state index in [1.165, 1.54) is 101 Å². The first kappa shape index (κ1) is 116. The van der Waals surface area contributed by atoms with Crippen molar-refractivity contribution in [3.8, 4) is 11.5 Å². The van der Waals surface area contributed by atoms with Crippen molar-refractivity contribution >= 4 is 131 Å². The number of ether oxygens (including phenoxy) is 2. The van der Waals surface area contributed by atoms with Crippen LogP contribution in [-0.4, -0.2) is 141 Å². The van der Waals surface area contributed by atoms with Crippen molar-refractivity contribution < 1.29 is 67.6 Å². The van der Waals surface area contributed by atoms with Gasteiger partial charge in [0, 0.05) is 113 Å². The van der Waals surface area contributed by atoms with E-state index in [1.807, 2.05) is 114 Å². The van der Waals surface area contributed by atoms with Crippen LogP contribution in [0.15, 0.2) is 170 Å². The second-order valence-corrected chi connectivity index (χ2v) is 35.8. The Hall–Kier alpha value is -4.12. The van der Waals surface area contributed by atoms with Gasteiger partial charge in [0.25, 0.3) is 11.8 Å². The summed E-state index contributed by atoms with van der Waals surface area (Å²) in [6, 6.07) is 58.2. The zero-order chi connectivity index (χ0) is 87.7. The molecule has 19 heteroatoms. The first-order valence-corrected chi connectivity index (χ1v) is 49.7. The zero-order valence-electron chi connectivity index (χ0n) is 75.2. The monoisotopic (exact) mass is 2200 g/mol. The Morgan fingerprint density at radius 1 is 0.542 bits per heavy atom. The molecule has 2 spiro atoms. The van der Waals surface area contributed by atoms with Crippen molar-refractivity contribution in [3.05, 3.63) is 243 Å². The fraction of sp³-hybridized carbons (Fsp3) is 0.515. The van der Waals surface area contributed by atoms with Crippen molar-refractivity contribution in [2.45, 2.75) is 229 Å². The number of carbonyl (C=O) groups is 4. The minimum absolute atomic E-state index is 0. The predicted molar refractivity (Wildman–Crippen MR) is 527 cm³/mol. The Balaban J connectivity index is 0.00000133. The van der Waals surface area contributed by atoms with Crippen LogP contribution in [0.25, 0.3) is 11.1 Å². The Bertz CT molecular complexity index is 3780. The van der Waals surface area contributed by atoms with Gasteiger partial charge in [0.1, 0.15) is 29.5 Å². The summed E-state index contributed by atoms with van der Waals surface area (Å²) in [4.78, 5) is 53.3. The Labute approximate surface area is 803 Å². The van der Waals surface area contributed by atoms with Crippen molar-refractivity contribution in [2.75, 3.05) is 86.1 Å². The number of benzene rings is 6. The number of nitrogens with zero attached hydrogens (tertiary/aromatic N) is 4. The summed E-state index contributed by atoms with van der Waals surface area (Å²) in [6.45, 7) is 40.3. The van der Waals surface area contributed by atoms with Crippen LogP contribution in [-0.2, 0) is 66.7 Å². The SMILES string of the molecule is BrCC1CC1.BrCCCc1ccccc1.BrCCc1ccccc1.BrCc1ccccc1.CC(C)C=O.CC1=CC2(CCCN(C)CC2)Oc2ccc(C)[c-]c21.CC1=CC2(CCCNCC2)Oc2ccc(C)[c-]c21.CCBr.CCCBr.CCN(CC)C(=O)c1ccc(C(C)C)cc1.CCN(CC)C(=O)c1ccc(C(C)C)cn1.O=CC1CC1.[Ru+].[Ru+]. The number of halogens is 6. The molecule has 2 saturated carbocycles. The van der Waals surface area contributed by atoms with Gasteiger partial charge in [-0.05, 0) is 195 Å². The first-order chi connectivity index (χ1) is 56.7. The van der Waals surface area contributed by atoms with Crippen molar-refractivity contribution in [1.82, 2.24) is 25.0 Å². The fourth-order valence-corrected chi connectivity index (χ4v) is 13.9. The fourth-order valence-electron chi connectivity index (χ4n) is 12.2. The third kappa shape index (κ3) is 49.1. The molecular weight excluding hydrogens is 2060 g/mol. The molecule has 0 bridgehead atoms. The number of alkyl halides is 6. The van der Waals surface area contributed by atoms with Crippen LogP contribution >= 0.6 is 95.6 Å². The molecular formula is C101H143Br6N5O6Ru2. The van der Waals surface area contributed by atoms with E-state index in [4.69, 9.17) is 9.47 Å². The molecule has 120 heavy (non-hydrogen) atoms. The number of amides is 2. The molecule has 6 aliphatic rings. The van der Waals surface area contributed by atoms with Gasteiger partial charge in [-0.15, -0.1) is 69.8 Å². The van der Waals surface area contributed by atoms with Crippen LogP contribution < -0.4 is 14.8 Å². The second-order valence-electron chi connectivity index (χ2n) is 31.1. The van der Waals surface area contributed by atoms with E-state index in [9.17, 15) is 19.2 Å². The number of nitrogens with one attached hydrogen (secondary N) is 1. The number of likely N-dealkylation sites (tertiary alicyclic amines) is 1. The van der Waals surface area contributed by atoms with E-state index < -0.39 is 0 Å². The van der Waals surface area contributed by atoms with Gasteiger partial charge in [-0.2, -0.15) is 0 Å². The molecule has 666 valence electrons. The number of allylic oxidation sites excluding steroid dienone is 2. The van der Waals surface area contributed by atoms with E-state index >= 15 is 0 Å². The maximum Gasteiger partial charge on any atom is 1.00 e. The number of pyridine rings is 1. The van der Waals surface area contributed by atoms with Crippen molar-refractivity contribution in [2.24, 2.45) is 17.8 Å². The van der Waals surface area contributed by atoms with Crippen molar-refractivity contribution in [1.29, 1.82) is 0 Å². The molecule has 7 aromatic rings. The Morgan fingerprint density at radius 3 is 1.36 bits per heavy atom. The Morgan fingerprint density at radius 2 is 0.992 bits per heavy atom. The van der Waals surface area contributed by atoms with E-state index in [0.717, 1.165) is 170 Å². The van der Waals surface area contributed by atoms with Gasteiger partial charge in [-0.25, -0.2) is 0 Å². The molecule has 2 aliphatic carbocycles. The third-order valence-corrected chi connectivity index (χ3v) is 23.0. The summed E-state index contributed by atoms with van der Waals surface area (Å²) in [5, 5.41) is 9.98. The quantitative estimate of drug-likeness (QED) is 0.0387. The van der Waals surface area contributed by atoms with Crippen molar-refractivity contribution in [3.63, 3.8) is 0 Å². The molecule has 1 N–H and O–H groups in total. The minimum Gasteiger partial charge on any atom is -0.528 e. The Kier molecular flexibility index (Phi) is 66.7. The molecule has 13 rings (SSSR count). The molecule has 4 fully saturated rings. The summed E-state index contributed by atoms with van der Waals surface area (Å²) < 4.78 is 12.7. The third-order valence-electron chi connectivity index (χ3n) is 19.7. The first-order valence-electron chi connectivity index (χ1n) is 43.0. The summed E-state index contributed by atoms with van der Waals surface area (Å²) in [5.74, 6) is 4.82. The van der Waals surface area contributed by atoms with E-state index in [1.54, 1.807) is 11.1 Å². The number of carbonyl (C=O) groups excluding carboxylic acids is 4. The average Bonchev–Trinajstić information content (AvgIpc) is 1.11. The second kappa shape index (κ2) is 69.1. The van der Waals surface area contributed by atoms with Gasteiger partial charge in [-0.3, -0.25) is 14.6 Å². The van der Waals surface area contributed by atoms with E-state index in [0.29, 0.717) is 23.4 Å². The van der Waals surface area contributed by atoms with Gasteiger partial charge in [0.15, 0.2) is 0 Å². The number of aryl methyl sites for hydroxylation is 4. The number of hydrogen-bond acceptors (Lipinski definition) is 9. The van der Waals surface area contributed by atoms with Crippen LogP contribution in [0.5, 0.6) is 11.5 Å². The molecule has 2 atom stereocenters. The zero-order valence-corrected chi connectivity index (χ0v) is 88.2. The molecule has 5 heterocycles. The van der Waals surface area contributed by atoms with Crippen LogP contribution in [0.2, 0.25) is 0 Å². The van der Waals surface area contributed by atoms with Crippen LogP contribution in [0, 0.1) is 43.7 Å². The summed E-state index contributed by atoms with van der Waals surface area (Å²) in [7, 11) is 2.20. The molecule has 2 radical (unpaired) electrons. The normalized spacial score (nSPS) is 16.0. The molecule has 6 aromatic carbocycles. The van der Waals surface area contributed by atoms with Crippen LogP contribution in [0.3, 0.4) is 0 Å². The summed E-state index contributed by atoms with van der Waals surface area (Å²) in [5.41, 5.74) is 15.0. The van der Waals surface area contributed by atoms with Gasteiger partial charge in [0.05, 0.1) is 0 Å². The summed E-state index contributed by atoms with van der Waals surface area (Å²) in [6.07, 6.45) is 25.1. The smallest absolute Gasteiger partial charge is 0.528 e. The largest absolute Gasteiger partial charge is 1.00 e. The van der Waals surface area contributed by atoms with Gasteiger partial charge in [-0.1, -0.05) is 300 Å². The maximum absolute atomic E-state index is 12.0. The molecule has 2 amide bonds. The number of fused-ring (bicyclic) bond motifs is 2. The molecule has 11 nitrogen and oxygen atoms in total. The van der Waals surface area contributed by atoms with Gasteiger partial charge >= 0.3 is 39.0 Å². The number of hydrogen-bond donors (Lipinski definition) is 1. The maximum atomic E-state index is 12.0. The minimum atomic E-state index is -0.0936. The van der Waals surface area contributed by atoms with Crippen LogP contribution in [0.1, 0.15) is 257 Å². The topological polar surface area (TPSA) is 121 Å². The number of aldehydes is 2. The number of rotatable bonds is 18. The standard InChI is InChI=1S/C17H22NO.C16H20NO.C14H21NO.C13H20N2O.C9H11Br.C8H9Br.C7H7Br.C4H7Br.C4H6O.C4H8O.C3H7Br.C2H5Br.2Ru/c1-13-5-6-16-15(11-13)14(2)12-17(19-16)7-4-9-18(3)10-8-17;1-12-4-5-15-14(10-12)13(2)11-16(18-15)6-3-8-17-9-7-16;1-5-15(6-2)14(16)13-9-7-12(8-10-13)11(3)4;1-5-15(6-2)13(16)12-8-7-11(9-14-12)10(3)4;10-8-4-7-9-5-2-1-3-6-9;9-7-6-8-4-2-1-3-5-8;8-6-7-4-2-1-3-5-7;2*5-3-4-1-2-4;1-4(2)3-5;1-2-3-4;1-2-3;;/h5-6,12H,4,7-10H2,1-3H3;4-5,11,17H,3,6-9H2,1-2H3;7-11H,5-6H2,1-4H3;7-10H,5-6H2,1-4H3;1-3,5-6H,4,7-8H2;1-5H,6-7H2;1-5H,6H2;4H,1-3H2;3-4H,1-2H2;3-4H,1-2H3;2-3H2,1H3;2H2,1H3;;/q2*-1;;;;;;;;;;;2*+1. The molecule has 2 saturated heterocycles. The summed E-state index contributed by atoms with van der Waals surface area (Å²) >= 11 is 19.9. The predicted octanol–water partition coefficient (Wildman–Crippen LogP) is 27.2. The van der Waals surface area contributed by atoms with Gasteiger partial charge < -0.3 is 39.1 Å². The molecule has 2 unspecified atom stereocenters. The number of aromatic nitrogens is 1. The molecule has 4 aliphatic heterocycles. The van der Waals surface area contributed by atoms with Crippen LogP contribution in [0.4, 0.5) is 0 Å². The molecule has 1 aromatic heterocycles.